The normalized spacial score (nSPS) is 17.1. The van der Waals surface area contributed by atoms with Crippen molar-refractivity contribution in [2.45, 2.75) is 19.4 Å². The molecule has 2 radical (unpaired) electrons. The van der Waals surface area contributed by atoms with E-state index < -0.39 is 0 Å². The van der Waals surface area contributed by atoms with Crippen molar-refractivity contribution in [1.29, 1.82) is 0 Å². The van der Waals surface area contributed by atoms with E-state index in [1.165, 1.54) is 0 Å². The Labute approximate surface area is 116 Å². The molecule has 3 rings (SSSR count). The zero-order valence-electron chi connectivity index (χ0n) is 10.3. The van der Waals surface area contributed by atoms with Crippen molar-refractivity contribution >= 4 is 42.2 Å². The second kappa shape index (κ2) is 4.98. The van der Waals surface area contributed by atoms with Crippen LogP contribution in [0.4, 0.5) is 5.82 Å². The molecule has 0 aliphatic carbocycles. The van der Waals surface area contributed by atoms with Gasteiger partial charge in [-0.2, -0.15) is 9.97 Å². The molecule has 0 unspecified atom stereocenters. The van der Waals surface area contributed by atoms with E-state index in [9.17, 15) is 0 Å². The number of ether oxygens (including phenoxy) is 1. The molecule has 0 saturated carbocycles. The van der Waals surface area contributed by atoms with Crippen molar-refractivity contribution < 1.29 is 4.74 Å². The Hall–Kier alpha value is -1.34. The van der Waals surface area contributed by atoms with Crippen LogP contribution in [-0.2, 0) is 11.3 Å². The third-order valence-electron chi connectivity index (χ3n) is 3.41. The van der Waals surface area contributed by atoms with E-state index in [1.54, 1.807) is 0 Å². The number of rotatable bonds is 2. The van der Waals surface area contributed by atoms with Crippen LogP contribution in [0.1, 0.15) is 12.8 Å². The molecule has 8 heteroatoms. The van der Waals surface area contributed by atoms with Crippen LogP contribution in [0.15, 0.2) is 0 Å². The maximum atomic E-state index is 5.94. The van der Waals surface area contributed by atoms with Gasteiger partial charge in [0.2, 0.25) is 5.28 Å². The first-order valence-electron chi connectivity index (χ1n) is 6.17. The lowest BCUT2D eigenvalue weighted by molar-refractivity contribution is 0.0618. The quantitative estimate of drug-likeness (QED) is 0.630. The minimum atomic E-state index is 0.109. The minimum absolute atomic E-state index is 0.109. The van der Waals surface area contributed by atoms with Crippen LogP contribution in [0, 0.1) is 5.92 Å². The largest absolute Gasteiger partial charge is 0.382 e. The predicted octanol–water partition coefficient (Wildman–Crippen LogP) is 0.282. The summed E-state index contributed by atoms with van der Waals surface area (Å²) in [6, 6.07) is 0. The maximum Gasteiger partial charge on any atom is 0.226 e. The Balaban J connectivity index is 1.99. The minimum Gasteiger partial charge on any atom is -0.382 e. The molecule has 2 N–H and O–H groups in total. The van der Waals surface area contributed by atoms with Gasteiger partial charge in [0.1, 0.15) is 5.52 Å². The number of nitrogen functional groups attached to an aromatic ring is 1. The van der Waals surface area contributed by atoms with Crippen LogP contribution < -0.4 is 11.5 Å². The van der Waals surface area contributed by atoms with E-state index in [1.807, 2.05) is 4.57 Å². The Morgan fingerprint density at radius 1 is 1.32 bits per heavy atom. The second-order valence-electron chi connectivity index (χ2n) is 4.69. The van der Waals surface area contributed by atoms with Crippen LogP contribution in [0.3, 0.4) is 0 Å². The van der Waals surface area contributed by atoms with Gasteiger partial charge in [-0.25, -0.2) is 4.98 Å². The van der Waals surface area contributed by atoms with Gasteiger partial charge >= 0.3 is 0 Å². The van der Waals surface area contributed by atoms with Gasteiger partial charge in [-0.15, -0.1) is 0 Å². The number of nitrogens with two attached hydrogens (primary N) is 1. The summed E-state index contributed by atoms with van der Waals surface area (Å²) in [7, 11) is 5.94. The second-order valence-corrected chi connectivity index (χ2v) is 5.02. The fourth-order valence-corrected chi connectivity index (χ4v) is 2.55. The summed E-state index contributed by atoms with van der Waals surface area (Å²) < 4.78 is 7.21. The van der Waals surface area contributed by atoms with Crippen molar-refractivity contribution in [1.82, 2.24) is 19.5 Å². The van der Waals surface area contributed by atoms with Gasteiger partial charge in [0, 0.05) is 19.8 Å². The summed E-state index contributed by atoms with van der Waals surface area (Å²) in [5.74, 6) is 0.760. The highest BCUT2D eigenvalue weighted by atomic mass is 35.5. The maximum absolute atomic E-state index is 5.94. The van der Waals surface area contributed by atoms with Gasteiger partial charge in [-0.05, 0) is 30.4 Å². The molecular formula is C11H13BClN5O. The average molecular weight is 278 g/mol. The number of nitrogens with zero attached hydrogens (tertiary/aromatic N) is 4. The first kappa shape index (κ1) is 12.7. The summed E-state index contributed by atoms with van der Waals surface area (Å²) in [4.78, 5) is 12.3. The van der Waals surface area contributed by atoms with E-state index in [2.05, 4.69) is 15.0 Å². The lowest BCUT2D eigenvalue weighted by Gasteiger charge is -2.23. The molecule has 1 saturated heterocycles. The number of fused-ring (bicyclic) bond motifs is 1. The first-order chi connectivity index (χ1) is 9.15. The van der Waals surface area contributed by atoms with E-state index >= 15 is 0 Å². The Morgan fingerprint density at radius 2 is 2.05 bits per heavy atom. The van der Waals surface area contributed by atoms with Crippen LogP contribution in [-0.4, -0.2) is 40.6 Å². The highest BCUT2D eigenvalue weighted by molar-refractivity contribution is 6.31. The van der Waals surface area contributed by atoms with E-state index in [0.717, 1.165) is 32.6 Å². The van der Waals surface area contributed by atoms with Gasteiger partial charge in [0.15, 0.2) is 19.3 Å². The highest BCUT2D eigenvalue weighted by Gasteiger charge is 2.19. The average Bonchev–Trinajstić information content (AvgIpc) is 2.69. The van der Waals surface area contributed by atoms with Crippen molar-refractivity contribution in [3.05, 3.63) is 5.28 Å². The zero-order chi connectivity index (χ0) is 13.4. The fraction of sp³-hybridized carbons (Fsp3) is 0.545. The fourth-order valence-electron chi connectivity index (χ4n) is 2.38. The molecule has 2 aromatic rings. The number of aromatic nitrogens is 4. The Bertz CT molecular complexity index is 611. The molecule has 1 aliphatic rings. The van der Waals surface area contributed by atoms with Crippen LogP contribution in [0.5, 0.6) is 0 Å². The number of hydrogen-bond acceptors (Lipinski definition) is 5. The monoisotopic (exact) mass is 277 g/mol. The molecule has 0 spiro atoms. The molecule has 0 amide bonds. The Kier molecular flexibility index (Phi) is 3.32. The van der Waals surface area contributed by atoms with Crippen molar-refractivity contribution in [3.8, 4) is 0 Å². The summed E-state index contributed by atoms with van der Waals surface area (Å²) in [6.07, 6.45) is 2.01. The standard InChI is InChI=1S/C11H13BClN5O/c12-10-15-7-8(14)16-11(13)17-9(7)18(10)5-6-1-3-19-4-2-6/h6H,1-5H2,(H2,14,16,17). The molecule has 0 atom stereocenters. The smallest absolute Gasteiger partial charge is 0.226 e. The van der Waals surface area contributed by atoms with Gasteiger partial charge in [0.25, 0.3) is 0 Å². The van der Waals surface area contributed by atoms with E-state index in [4.69, 9.17) is 29.9 Å². The molecule has 19 heavy (non-hydrogen) atoms. The van der Waals surface area contributed by atoms with Gasteiger partial charge in [0.05, 0.1) is 5.72 Å². The molecular weight excluding hydrogens is 264 g/mol. The summed E-state index contributed by atoms with van der Waals surface area (Å²) >= 11 is 5.84. The van der Waals surface area contributed by atoms with Crippen molar-refractivity contribution in [2.24, 2.45) is 5.92 Å². The Morgan fingerprint density at radius 3 is 2.79 bits per heavy atom. The van der Waals surface area contributed by atoms with Crippen molar-refractivity contribution in [2.75, 3.05) is 18.9 Å². The molecule has 2 aromatic heterocycles. The van der Waals surface area contributed by atoms with E-state index in [0.29, 0.717) is 22.8 Å². The molecule has 1 aliphatic heterocycles. The molecule has 0 bridgehead atoms. The number of imidazole rings is 1. The number of anilines is 1. The summed E-state index contributed by atoms with van der Waals surface area (Å²) in [6.45, 7) is 2.32. The molecule has 1 fully saturated rings. The highest BCUT2D eigenvalue weighted by Crippen LogP contribution is 2.21. The molecule has 6 nitrogen and oxygen atoms in total. The van der Waals surface area contributed by atoms with Crippen LogP contribution in [0.2, 0.25) is 5.28 Å². The number of hydrogen-bond donors (Lipinski definition) is 1. The van der Waals surface area contributed by atoms with Crippen molar-refractivity contribution in [3.63, 3.8) is 0 Å². The topological polar surface area (TPSA) is 78.9 Å². The number of halogens is 1. The van der Waals surface area contributed by atoms with Gasteiger partial charge in [-0.3, -0.25) is 0 Å². The van der Waals surface area contributed by atoms with Crippen LogP contribution in [0.25, 0.3) is 11.2 Å². The summed E-state index contributed by atoms with van der Waals surface area (Å²) in [5, 5.41) is 0.109. The predicted molar refractivity (Wildman–Crippen MR) is 73.7 cm³/mol. The lowest BCUT2D eigenvalue weighted by atomic mass is 9.99. The summed E-state index contributed by atoms with van der Waals surface area (Å²) in [5.41, 5.74) is 7.29. The molecule has 0 aromatic carbocycles. The van der Waals surface area contributed by atoms with E-state index in [-0.39, 0.29) is 11.1 Å². The SMILES string of the molecule is [B]c1nc2c(N)nc(Cl)nc2n1CC1CCOCC1. The van der Waals surface area contributed by atoms with Crippen LogP contribution >= 0.6 is 11.6 Å². The molecule has 98 valence electrons. The third kappa shape index (κ3) is 2.40. The third-order valence-corrected chi connectivity index (χ3v) is 3.57. The van der Waals surface area contributed by atoms with Gasteiger partial charge < -0.3 is 15.0 Å². The molecule has 3 heterocycles. The first-order valence-corrected chi connectivity index (χ1v) is 6.55. The lowest BCUT2D eigenvalue weighted by Crippen LogP contribution is -2.27. The van der Waals surface area contributed by atoms with Gasteiger partial charge in [-0.1, -0.05) is 0 Å². The zero-order valence-corrected chi connectivity index (χ0v) is 11.1.